The van der Waals surface area contributed by atoms with Crippen LogP contribution in [0, 0.1) is 11.8 Å². The van der Waals surface area contributed by atoms with E-state index in [0.717, 1.165) is 0 Å². The summed E-state index contributed by atoms with van der Waals surface area (Å²) < 4.78 is 5.48. The van der Waals surface area contributed by atoms with E-state index in [-0.39, 0.29) is 17.8 Å². The minimum Gasteiger partial charge on any atom is -0.491 e. The Balaban J connectivity index is 2.02. The lowest BCUT2D eigenvalue weighted by Crippen LogP contribution is -2.09. The van der Waals surface area contributed by atoms with Gasteiger partial charge in [0.05, 0.1) is 12.0 Å². The molecule has 96 valence electrons. The first-order chi connectivity index (χ1) is 8.49. The van der Waals surface area contributed by atoms with E-state index in [4.69, 9.17) is 9.84 Å². The minimum absolute atomic E-state index is 0.0847. The zero-order chi connectivity index (χ0) is 13.3. The smallest absolute Gasteiger partial charge is 0.307 e. The molecule has 18 heavy (non-hydrogen) atoms. The number of ether oxygens (including phenoxy) is 1. The molecule has 4 heteroatoms. The van der Waals surface area contributed by atoms with Crippen LogP contribution in [0.15, 0.2) is 24.3 Å². The van der Waals surface area contributed by atoms with Crippen molar-refractivity contribution >= 4 is 11.8 Å². The van der Waals surface area contributed by atoms with Gasteiger partial charge in [0, 0.05) is 11.5 Å². The highest BCUT2D eigenvalue weighted by molar-refractivity contribution is 6.02. The summed E-state index contributed by atoms with van der Waals surface area (Å²) in [6, 6.07) is 6.87. The molecule has 0 heterocycles. The Kier molecular flexibility index (Phi) is 3.36. The first kappa shape index (κ1) is 12.6. The van der Waals surface area contributed by atoms with Crippen LogP contribution in [0.3, 0.4) is 0 Å². The SMILES string of the molecule is CC(C)Oc1ccc(C(=O)C2CC2C(=O)O)cc1. The summed E-state index contributed by atoms with van der Waals surface area (Å²) in [6.07, 6.45) is 0.546. The molecular weight excluding hydrogens is 232 g/mol. The lowest BCUT2D eigenvalue weighted by molar-refractivity contribution is -0.138. The molecule has 0 aliphatic heterocycles. The molecule has 4 nitrogen and oxygen atoms in total. The lowest BCUT2D eigenvalue weighted by Gasteiger charge is -2.09. The van der Waals surface area contributed by atoms with Gasteiger partial charge in [-0.05, 0) is 44.5 Å². The Bertz CT molecular complexity index is 461. The van der Waals surface area contributed by atoms with Gasteiger partial charge in [-0.15, -0.1) is 0 Å². The number of ketones is 1. The van der Waals surface area contributed by atoms with Crippen molar-refractivity contribution in [1.29, 1.82) is 0 Å². The quantitative estimate of drug-likeness (QED) is 0.812. The average Bonchev–Trinajstić information content (AvgIpc) is 3.08. The molecule has 0 amide bonds. The zero-order valence-electron chi connectivity index (χ0n) is 10.4. The van der Waals surface area contributed by atoms with Gasteiger partial charge in [-0.3, -0.25) is 9.59 Å². The highest BCUT2D eigenvalue weighted by Crippen LogP contribution is 2.41. The molecule has 1 N–H and O–H groups in total. The molecular formula is C14H16O4. The molecule has 0 spiro atoms. The van der Waals surface area contributed by atoms with Gasteiger partial charge in [-0.1, -0.05) is 0 Å². The maximum atomic E-state index is 12.0. The van der Waals surface area contributed by atoms with Gasteiger partial charge in [0.15, 0.2) is 5.78 Å². The van der Waals surface area contributed by atoms with Crippen LogP contribution >= 0.6 is 0 Å². The first-order valence-electron chi connectivity index (χ1n) is 6.02. The monoisotopic (exact) mass is 248 g/mol. The van der Waals surface area contributed by atoms with Crippen LogP contribution in [0.25, 0.3) is 0 Å². The number of carboxylic acid groups (broad SMARTS) is 1. The molecule has 1 aromatic rings. The Labute approximate surface area is 106 Å². The maximum absolute atomic E-state index is 12.0. The minimum atomic E-state index is -0.881. The van der Waals surface area contributed by atoms with Crippen molar-refractivity contribution in [3.05, 3.63) is 29.8 Å². The fraction of sp³-hybridized carbons (Fsp3) is 0.429. The van der Waals surface area contributed by atoms with Crippen LogP contribution in [0.2, 0.25) is 0 Å². The van der Waals surface area contributed by atoms with Crippen molar-refractivity contribution in [2.75, 3.05) is 0 Å². The normalized spacial score (nSPS) is 21.7. The summed E-state index contributed by atoms with van der Waals surface area (Å²) in [5.41, 5.74) is 0.555. The summed E-state index contributed by atoms with van der Waals surface area (Å²) >= 11 is 0. The summed E-state index contributed by atoms with van der Waals surface area (Å²) in [6.45, 7) is 3.86. The van der Waals surface area contributed by atoms with E-state index in [1.807, 2.05) is 13.8 Å². The number of hydrogen-bond acceptors (Lipinski definition) is 3. The molecule has 1 saturated carbocycles. The van der Waals surface area contributed by atoms with E-state index in [2.05, 4.69) is 0 Å². The van der Waals surface area contributed by atoms with Gasteiger partial charge in [0.1, 0.15) is 5.75 Å². The van der Waals surface area contributed by atoms with Crippen molar-refractivity contribution in [2.24, 2.45) is 11.8 Å². The third kappa shape index (κ3) is 2.70. The summed E-state index contributed by atoms with van der Waals surface area (Å²) in [4.78, 5) is 22.7. The molecule has 2 unspecified atom stereocenters. The fourth-order valence-electron chi connectivity index (χ4n) is 1.94. The second-order valence-corrected chi connectivity index (χ2v) is 4.84. The van der Waals surface area contributed by atoms with Gasteiger partial charge in [0.2, 0.25) is 0 Å². The molecule has 1 fully saturated rings. The molecule has 0 saturated heterocycles. The van der Waals surface area contributed by atoms with Crippen LogP contribution in [0.5, 0.6) is 5.75 Å². The molecule has 2 rings (SSSR count). The third-order valence-corrected chi connectivity index (χ3v) is 2.96. The van der Waals surface area contributed by atoms with Gasteiger partial charge >= 0.3 is 5.97 Å². The van der Waals surface area contributed by atoms with Crippen molar-refractivity contribution in [1.82, 2.24) is 0 Å². The highest BCUT2D eigenvalue weighted by atomic mass is 16.5. The zero-order valence-corrected chi connectivity index (χ0v) is 10.4. The molecule has 0 aromatic heterocycles. The van der Waals surface area contributed by atoms with Gasteiger partial charge in [0.25, 0.3) is 0 Å². The summed E-state index contributed by atoms with van der Waals surface area (Å²) in [7, 11) is 0. The van der Waals surface area contributed by atoms with Crippen LogP contribution in [-0.4, -0.2) is 23.0 Å². The van der Waals surface area contributed by atoms with Gasteiger partial charge in [-0.2, -0.15) is 0 Å². The summed E-state index contributed by atoms with van der Waals surface area (Å²) in [5.74, 6) is -1.10. The number of aliphatic carboxylic acids is 1. The maximum Gasteiger partial charge on any atom is 0.307 e. The fourth-order valence-corrected chi connectivity index (χ4v) is 1.94. The lowest BCUT2D eigenvalue weighted by atomic mass is 10.1. The van der Waals surface area contributed by atoms with Gasteiger partial charge in [-0.25, -0.2) is 0 Å². The second kappa shape index (κ2) is 4.80. The predicted molar refractivity (Wildman–Crippen MR) is 65.8 cm³/mol. The second-order valence-electron chi connectivity index (χ2n) is 4.84. The van der Waals surface area contributed by atoms with Gasteiger partial charge < -0.3 is 9.84 Å². The van der Waals surface area contributed by atoms with Crippen LogP contribution < -0.4 is 4.74 Å². The number of benzene rings is 1. The van der Waals surface area contributed by atoms with Crippen molar-refractivity contribution in [2.45, 2.75) is 26.4 Å². The Hall–Kier alpha value is -1.84. The van der Waals surface area contributed by atoms with E-state index in [0.29, 0.717) is 17.7 Å². The molecule has 1 aliphatic rings. The first-order valence-corrected chi connectivity index (χ1v) is 6.02. The largest absolute Gasteiger partial charge is 0.491 e. The Morgan fingerprint density at radius 1 is 1.22 bits per heavy atom. The topological polar surface area (TPSA) is 63.6 Å². The number of hydrogen-bond donors (Lipinski definition) is 1. The molecule has 0 bridgehead atoms. The van der Waals surface area contributed by atoms with Crippen LogP contribution in [0.4, 0.5) is 0 Å². The molecule has 1 aromatic carbocycles. The number of carbonyl (C=O) groups excluding carboxylic acids is 1. The number of carboxylic acids is 1. The Morgan fingerprint density at radius 3 is 2.28 bits per heavy atom. The van der Waals surface area contributed by atoms with Crippen LogP contribution in [0.1, 0.15) is 30.6 Å². The standard InChI is InChI=1S/C14H16O4/c1-8(2)18-10-5-3-9(4-6-10)13(15)11-7-12(11)14(16)17/h3-6,8,11-12H,7H2,1-2H3,(H,16,17). The number of carbonyl (C=O) groups is 2. The number of Topliss-reactive ketones (excluding diaryl/α,β-unsaturated/α-hetero) is 1. The molecule has 1 aliphatic carbocycles. The van der Waals surface area contributed by atoms with Crippen molar-refractivity contribution in [3.8, 4) is 5.75 Å². The summed E-state index contributed by atoms with van der Waals surface area (Å²) in [5, 5.41) is 8.79. The third-order valence-electron chi connectivity index (χ3n) is 2.96. The molecule has 2 atom stereocenters. The van der Waals surface area contributed by atoms with Crippen molar-refractivity contribution < 1.29 is 19.4 Å². The van der Waals surface area contributed by atoms with E-state index in [1.165, 1.54) is 0 Å². The average molecular weight is 248 g/mol. The number of rotatable bonds is 5. The van der Waals surface area contributed by atoms with E-state index < -0.39 is 11.9 Å². The van der Waals surface area contributed by atoms with Crippen LogP contribution in [-0.2, 0) is 4.79 Å². The predicted octanol–water partition coefficient (Wildman–Crippen LogP) is 2.38. The van der Waals surface area contributed by atoms with Crippen molar-refractivity contribution in [3.63, 3.8) is 0 Å². The van der Waals surface area contributed by atoms with E-state index >= 15 is 0 Å². The highest BCUT2D eigenvalue weighted by Gasteiger charge is 2.48. The molecule has 0 radical (unpaired) electrons. The van der Waals surface area contributed by atoms with E-state index in [1.54, 1.807) is 24.3 Å². The van der Waals surface area contributed by atoms with E-state index in [9.17, 15) is 9.59 Å². The Morgan fingerprint density at radius 2 is 1.83 bits per heavy atom.